The van der Waals surface area contributed by atoms with Crippen molar-refractivity contribution >= 4 is 28.6 Å². The first-order valence-corrected chi connectivity index (χ1v) is 5.31. The molecule has 88 valence electrons. The maximum Gasteiger partial charge on any atom is 0.417 e. The van der Waals surface area contributed by atoms with Crippen LogP contribution in [0.4, 0.5) is 13.2 Å². The molecule has 0 bridgehead atoms. The second-order valence-electron chi connectivity index (χ2n) is 3.09. The Morgan fingerprint density at radius 2 is 1.94 bits per heavy atom. The summed E-state index contributed by atoms with van der Waals surface area (Å²) in [4.78, 5) is 11.2. The van der Waals surface area contributed by atoms with Gasteiger partial charge in [0.2, 0.25) is 0 Å². The van der Waals surface area contributed by atoms with E-state index in [0.717, 1.165) is 12.1 Å². The number of hydrogen-bond donors (Lipinski definition) is 0. The lowest BCUT2D eigenvalue weighted by Gasteiger charge is -2.13. The van der Waals surface area contributed by atoms with Crippen molar-refractivity contribution in [3.63, 3.8) is 0 Å². The van der Waals surface area contributed by atoms with Crippen molar-refractivity contribution < 1.29 is 22.7 Å². The van der Waals surface area contributed by atoms with Crippen molar-refractivity contribution in [1.82, 2.24) is 0 Å². The fourth-order valence-corrected chi connectivity index (χ4v) is 2.01. The highest BCUT2D eigenvalue weighted by molar-refractivity contribution is 14.1. The average molecular weight is 344 g/mol. The Hall–Kier alpha value is -0.790. The van der Waals surface area contributed by atoms with Gasteiger partial charge in [-0.15, -0.1) is 0 Å². The maximum absolute atomic E-state index is 12.5. The Kier molecular flexibility index (Phi) is 3.82. The molecular formula is C10H8F3IO2. The molecule has 1 aromatic carbocycles. The molecule has 0 saturated carbocycles. The number of esters is 1. The lowest BCUT2D eigenvalue weighted by Crippen LogP contribution is -2.12. The molecule has 16 heavy (non-hydrogen) atoms. The van der Waals surface area contributed by atoms with E-state index in [4.69, 9.17) is 0 Å². The van der Waals surface area contributed by atoms with Crippen molar-refractivity contribution in [1.29, 1.82) is 0 Å². The van der Waals surface area contributed by atoms with Crippen LogP contribution in [0.2, 0.25) is 0 Å². The molecule has 0 aliphatic rings. The van der Waals surface area contributed by atoms with Gasteiger partial charge in [0.15, 0.2) is 0 Å². The Balaban J connectivity index is 3.35. The van der Waals surface area contributed by atoms with Gasteiger partial charge in [-0.05, 0) is 47.2 Å². The SMILES string of the molecule is COC(=O)c1ccc(C(F)(F)F)c(I)c1C. The quantitative estimate of drug-likeness (QED) is 0.577. The Morgan fingerprint density at radius 3 is 2.38 bits per heavy atom. The van der Waals surface area contributed by atoms with Crippen LogP contribution < -0.4 is 0 Å². The number of hydrogen-bond acceptors (Lipinski definition) is 2. The van der Waals surface area contributed by atoms with E-state index in [1.165, 1.54) is 14.0 Å². The molecule has 0 heterocycles. The van der Waals surface area contributed by atoms with Gasteiger partial charge < -0.3 is 4.74 Å². The Morgan fingerprint density at radius 1 is 1.38 bits per heavy atom. The van der Waals surface area contributed by atoms with E-state index in [-0.39, 0.29) is 14.7 Å². The number of halogens is 4. The van der Waals surface area contributed by atoms with Crippen LogP contribution in [0.15, 0.2) is 12.1 Å². The minimum absolute atomic E-state index is 0.0213. The van der Waals surface area contributed by atoms with Gasteiger partial charge in [0.05, 0.1) is 18.2 Å². The van der Waals surface area contributed by atoms with E-state index in [1.807, 2.05) is 0 Å². The summed E-state index contributed by atoms with van der Waals surface area (Å²) in [6, 6.07) is 2.02. The van der Waals surface area contributed by atoms with E-state index in [1.54, 1.807) is 22.6 Å². The topological polar surface area (TPSA) is 26.3 Å². The maximum atomic E-state index is 12.5. The van der Waals surface area contributed by atoms with Gasteiger partial charge >= 0.3 is 12.1 Å². The minimum atomic E-state index is -4.41. The standard InChI is InChI=1S/C10H8F3IO2/c1-5-6(9(15)16-2)3-4-7(8(5)14)10(11,12)13/h3-4H,1-2H3. The third kappa shape index (κ3) is 2.47. The zero-order chi connectivity index (χ0) is 12.5. The van der Waals surface area contributed by atoms with E-state index < -0.39 is 17.7 Å². The normalized spacial score (nSPS) is 11.4. The summed E-state index contributed by atoms with van der Waals surface area (Å²) in [5.41, 5.74) is -0.305. The van der Waals surface area contributed by atoms with Gasteiger partial charge in [-0.25, -0.2) is 4.79 Å². The van der Waals surface area contributed by atoms with Crippen molar-refractivity contribution in [3.05, 3.63) is 32.4 Å². The minimum Gasteiger partial charge on any atom is -0.465 e. The van der Waals surface area contributed by atoms with Crippen LogP contribution >= 0.6 is 22.6 Å². The molecular weight excluding hydrogens is 336 g/mol. The third-order valence-electron chi connectivity index (χ3n) is 2.10. The molecule has 0 N–H and O–H groups in total. The number of alkyl halides is 3. The van der Waals surface area contributed by atoms with Gasteiger partial charge in [0.25, 0.3) is 0 Å². The third-order valence-corrected chi connectivity index (χ3v) is 3.49. The lowest BCUT2D eigenvalue weighted by molar-refractivity contribution is -0.138. The molecule has 6 heteroatoms. The summed E-state index contributed by atoms with van der Waals surface area (Å²) >= 11 is 1.58. The predicted molar refractivity (Wildman–Crippen MR) is 60.2 cm³/mol. The van der Waals surface area contributed by atoms with Crippen LogP contribution in [0.25, 0.3) is 0 Å². The molecule has 0 fully saturated rings. The van der Waals surface area contributed by atoms with Gasteiger partial charge in [0, 0.05) is 3.57 Å². The summed E-state index contributed by atoms with van der Waals surface area (Å²) in [6.45, 7) is 1.46. The second-order valence-corrected chi connectivity index (χ2v) is 4.17. The molecule has 0 radical (unpaired) electrons. The summed E-state index contributed by atoms with van der Waals surface area (Å²) in [7, 11) is 1.19. The molecule has 0 spiro atoms. The van der Waals surface area contributed by atoms with E-state index in [0.29, 0.717) is 0 Å². The van der Waals surface area contributed by atoms with Gasteiger partial charge in [-0.2, -0.15) is 13.2 Å². The number of rotatable bonds is 1. The number of benzene rings is 1. The van der Waals surface area contributed by atoms with Gasteiger partial charge in [-0.3, -0.25) is 0 Å². The molecule has 1 rings (SSSR count). The van der Waals surface area contributed by atoms with Crippen molar-refractivity contribution in [2.24, 2.45) is 0 Å². The van der Waals surface area contributed by atoms with E-state index >= 15 is 0 Å². The van der Waals surface area contributed by atoms with E-state index in [9.17, 15) is 18.0 Å². The van der Waals surface area contributed by atoms with Crippen LogP contribution in [0.3, 0.4) is 0 Å². The number of carbonyl (C=O) groups is 1. The van der Waals surface area contributed by atoms with Crippen LogP contribution in [-0.2, 0) is 10.9 Å². The van der Waals surface area contributed by atoms with Crippen molar-refractivity contribution in [2.45, 2.75) is 13.1 Å². The summed E-state index contributed by atoms with van der Waals surface area (Å²) < 4.78 is 42.1. The number of ether oxygens (including phenoxy) is 1. The van der Waals surface area contributed by atoms with Crippen molar-refractivity contribution in [2.75, 3.05) is 7.11 Å². The molecule has 1 aromatic rings. The molecule has 0 aliphatic carbocycles. The molecule has 0 unspecified atom stereocenters. The smallest absolute Gasteiger partial charge is 0.417 e. The summed E-state index contributed by atoms with van der Waals surface area (Å²) in [6.07, 6.45) is -4.41. The summed E-state index contributed by atoms with van der Waals surface area (Å²) in [5, 5.41) is 0. The van der Waals surface area contributed by atoms with Crippen LogP contribution in [0.5, 0.6) is 0 Å². The molecule has 0 aromatic heterocycles. The van der Waals surface area contributed by atoms with Crippen LogP contribution in [-0.4, -0.2) is 13.1 Å². The highest BCUT2D eigenvalue weighted by atomic mass is 127. The molecule has 2 nitrogen and oxygen atoms in total. The monoisotopic (exact) mass is 344 g/mol. The van der Waals surface area contributed by atoms with Gasteiger partial charge in [0.1, 0.15) is 0 Å². The van der Waals surface area contributed by atoms with Gasteiger partial charge in [-0.1, -0.05) is 0 Å². The Labute approximate surface area is 104 Å². The summed E-state index contributed by atoms with van der Waals surface area (Å²) in [5.74, 6) is -0.635. The van der Waals surface area contributed by atoms with Crippen LogP contribution in [0, 0.1) is 10.5 Å². The second kappa shape index (κ2) is 4.60. The highest BCUT2D eigenvalue weighted by Gasteiger charge is 2.34. The largest absolute Gasteiger partial charge is 0.465 e. The fourth-order valence-electron chi connectivity index (χ4n) is 1.24. The molecule has 0 atom stereocenters. The molecule has 0 amide bonds. The first-order valence-electron chi connectivity index (χ1n) is 4.23. The first-order chi connectivity index (χ1) is 7.29. The zero-order valence-corrected chi connectivity index (χ0v) is 10.6. The fraction of sp³-hybridized carbons (Fsp3) is 0.300. The number of carbonyl (C=O) groups excluding carboxylic acids is 1. The average Bonchev–Trinajstić information content (AvgIpc) is 2.19. The Bertz CT molecular complexity index is 427. The van der Waals surface area contributed by atoms with E-state index in [2.05, 4.69) is 4.74 Å². The first kappa shape index (κ1) is 13.3. The highest BCUT2D eigenvalue weighted by Crippen LogP contribution is 2.35. The van der Waals surface area contributed by atoms with Crippen molar-refractivity contribution in [3.8, 4) is 0 Å². The van der Waals surface area contributed by atoms with Crippen LogP contribution in [0.1, 0.15) is 21.5 Å². The molecule has 0 saturated heterocycles. The number of methoxy groups -OCH3 is 1. The predicted octanol–water partition coefficient (Wildman–Crippen LogP) is 3.41. The molecule has 0 aliphatic heterocycles. The lowest BCUT2D eigenvalue weighted by atomic mass is 10.0. The zero-order valence-electron chi connectivity index (χ0n) is 8.48.